The summed E-state index contributed by atoms with van der Waals surface area (Å²) in [6.45, 7) is 4.44. The zero-order valence-electron chi connectivity index (χ0n) is 15.9. The summed E-state index contributed by atoms with van der Waals surface area (Å²) in [5, 5.41) is 8.39. The normalized spacial score (nSPS) is 18.4. The van der Waals surface area contributed by atoms with Crippen molar-refractivity contribution in [2.75, 3.05) is 0 Å². The molecule has 0 aliphatic heterocycles. The molecule has 2 aromatic carbocycles. The monoisotopic (exact) mass is 379 g/mol. The first kappa shape index (κ1) is 18.3. The molecule has 1 fully saturated rings. The SMILES string of the molecule is CC(C)Cn1nc(C(=O)N[C@H]2C[C@H]2c2cccc(F)c2)c2ccccc2c1=O. The summed E-state index contributed by atoms with van der Waals surface area (Å²) >= 11 is 0. The smallest absolute Gasteiger partial charge is 0.274 e. The predicted molar refractivity (Wildman–Crippen MR) is 106 cm³/mol. The number of rotatable bonds is 5. The van der Waals surface area contributed by atoms with Gasteiger partial charge in [-0.1, -0.05) is 44.2 Å². The summed E-state index contributed by atoms with van der Waals surface area (Å²) < 4.78 is 14.8. The Morgan fingerprint density at radius 1 is 1.21 bits per heavy atom. The number of carbonyl (C=O) groups is 1. The van der Waals surface area contributed by atoms with E-state index in [9.17, 15) is 14.0 Å². The largest absolute Gasteiger partial charge is 0.347 e. The van der Waals surface area contributed by atoms with Crippen LogP contribution in [0.5, 0.6) is 0 Å². The van der Waals surface area contributed by atoms with Crippen molar-refractivity contribution in [1.82, 2.24) is 15.1 Å². The first-order valence-corrected chi connectivity index (χ1v) is 9.50. The van der Waals surface area contributed by atoms with Crippen LogP contribution in [0.2, 0.25) is 0 Å². The number of halogens is 1. The molecule has 2 atom stereocenters. The van der Waals surface area contributed by atoms with E-state index in [4.69, 9.17) is 0 Å². The second-order valence-corrected chi connectivity index (χ2v) is 7.75. The average Bonchev–Trinajstić information content (AvgIpc) is 3.43. The van der Waals surface area contributed by atoms with Gasteiger partial charge in [-0.2, -0.15) is 5.10 Å². The average molecular weight is 379 g/mol. The Bertz CT molecular complexity index is 1110. The third-order valence-corrected chi connectivity index (χ3v) is 5.00. The summed E-state index contributed by atoms with van der Waals surface area (Å²) in [5.41, 5.74) is 0.943. The third-order valence-electron chi connectivity index (χ3n) is 5.00. The van der Waals surface area contributed by atoms with Gasteiger partial charge in [-0.3, -0.25) is 9.59 Å². The highest BCUT2D eigenvalue weighted by molar-refractivity contribution is 6.05. The van der Waals surface area contributed by atoms with Crippen LogP contribution in [0.4, 0.5) is 4.39 Å². The van der Waals surface area contributed by atoms with Crippen LogP contribution >= 0.6 is 0 Å². The molecule has 1 heterocycles. The van der Waals surface area contributed by atoms with Gasteiger partial charge in [0.25, 0.3) is 11.5 Å². The molecule has 144 valence electrons. The van der Waals surface area contributed by atoms with Gasteiger partial charge < -0.3 is 5.32 Å². The third kappa shape index (κ3) is 3.54. The van der Waals surface area contributed by atoms with E-state index in [-0.39, 0.29) is 40.9 Å². The van der Waals surface area contributed by atoms with Gasteiger partial charge in [0.2, 0.25) is 0 Å². The van der Waals surface area contributed by atoms with Crippen molar-refractivity contribution in [1.29, 1.82) is 0 Å². The molecule has 3 aromatic rings. The highest BCUT2D eigenvalue weighted by atomic mass is 19.1. The lowest BCUT2D eigenvalue weighted by molar-refractivity contribution is 0.0944. The van der Waals surface area contributed by atoms with Gasteiger partial charge in [-0.25, -0.2) is 9.07 Å². The van der Waals surface area contributed by atoms with E-state index in [1.165, 1.54) is 16.8 Å². The molecule has 0 spiro atoms. The zero-order chi connectivity index (χ0) is 19.8. The molecule has 0 unspecified atom stereocenters. The Morgan fingerprint density at radius 3 is 2.68 bits per heavy atom. The molecule has 1 aliphatic rings. The van der Waals surface area contributed by atoms with Crippen molar-refractivity contribution < 1.29 is 9.18 Å². The van der Waals surface area contributed by atoms with Gasteiger partial charge in [0, 0.05) is 23.9 Å². The number of nitrogens with one attached hydrogen (secondary N) is 1. The van der Waals surface area contributed by atoms with Crippen molar-refractivity contribution in [2.45, 2.75) is 38.8 Å². The number of fused-ring (bicyclic) bond motifs is 1. The van der Waals surface area contributed by atoms with Crippen molar-refractivity contribution in [3.05, 3.63) is 76.0 Å². The maximum Gasteiger partial charge on any atom is 0.274 e. The summed E-state index contributed by atoms with van der Waals surface area (Å²) in [7, 11) is 0. The molecule has 6 heteroatoms. The van der Waals surface area contributed by atoms with Crippen LogP contribution in [0, 0.1) is 11.7 Å². The Balaban J connectivity index is 1.62. The fourth-order valence-electron chi connectivity index (χ4n) is 3.57. The van der Waals surface area contributed by atoms with Crippen LogP contribution in [0.25, 0.3) is 10.8 Å². The van der Waals surface area contributed by atoms with Crippen LogP contribution in [0.1, 0.15) is 42.2 Å². The standard InChI is InChI=1S/C22H22FN3O2/c1-13(2)12-26-22(28)17-9-4-3-8-16(17)20(25-26)21(27)24-19-11-18(19)14-6-5-7-15(23)10-14/h3-10,13,18-19H,11-12H2,1-2H3,(H,24,27)/t18-,19-/m0/s1. The fraction of sp³-hybridized carbons (Fsp3) is 0.318. The molecule has 4 rings (SSSR count). The van der Waals surface area contributed by atoms with Crippen LogP contribution in [0.3, 0.4) is 0 Å². The summed E-state index contributed by atoms with van der Waals surface area (Å²) in [4.78, 5) is 25.6. The van der Waals surface area contributed by atoms with Gasteiger partial charge in [0.1, 0.15) is 5.82 Å². The topological polar surface area (TPSA) is 64.0 Å². The van der Waals surface area contributed by atoms with E-state index in [2.05, 4.69) is 10.4 Å². The molecule has 1 amide bonds. The lowest BCUT2D eigenvalue weighted by atomic mass is 10.1. The van der Waals surface area contributed by atoms with Crippen LogP contribution < -0.4 is 10.9 Å². The summed E-state index contributed by atoms with van der Waals surface area (Å²) in [6.07, 6.45) is 0.763. The number of aromatic nitrogens is 2. The Labute approximate surface area is 162 Å². The Morgan fingerprint density at radius 2 is 1.96 bits per heavy atom. The van der Waals surface area contributed by atoms with Crippen LogP contribution in [-0.4, -0.2) is 21.7 Å². The van der Waals surface area contributed by atoms with Crippen LogP contribution in [0.15, 0.2) is 53.3 Å². The van der Waals surface area contributed by atoms with Gasteiger partial charge in [0.15, 0.2) is 5.69 Å². The summed E-state index contributed by atoms with van der Waals surface area (Å²) in [5.74, 6) is -0.254. The van der Waals surface area contributed by atoms with E-state index < -0.39 is 0 Å². The minimum absolute atomic E-state index is 0.0552. The number of amides is 1. The first-order valence-electron chi connectivity index (χ1n) is 9.50. The van der Waals surface area contributed by atoms with Crippen molar-refractivity contribution in [2.24, 2.45) is 5.92 Å². The van der Waals surface area contributed by atoms with E-state index in [1.807, 2.05) is 19.9 Å². The zero-order valence-corrected chi connectivity index (χ0v) is 15.9. The van der Waals surface area contributed by atoms with Crippen molar-refractivity contribution in [3.8, 4) is 0 Å². The second-order valence-electron chi connectivity index (χ2n) is 7.75. The van der Waals surface area contributed by atoms with Crippen molar-refractivity contribution in [3.63, 3.8) is 0 Å². The van der Waals surface area contributed by atoms with Gasteiger partial charge in [0.05, 0.1) is 5.39 Å². The maximum atomic E-state index is 13.4. The number of carbonyl (C=O) groups excluding carboxylic acids is 1. The fourth-order valence-corrected chi connectivity index (χ4v) is 3.57. The molecule has 1 aromatic heterocycles. The number of nitrogens with zero attached hydrogens (tertiary/aromatic N) is 2. The van der Waals surface area contributed by atoms with E-state index in [0.717, 1.165) is 12.0 Å². The van der Waals surface area contributed by atoms with E-state index >= 15 is 0 Å². The molecule has 0 bridgehead atoms. The highest BCUT2D eigenvalue weighted by Crippen LogP contribution is 2.41. The molecule has 0 saturated heterocycles. The molecule has 0 radical (unpaired) electrons. The predicted octanol–water partition coefficient (Wildman–Crippen LogP) is 3.48. The maximum absolute atomic E-state index is 13.4. The molecular weight excluding hydrogens is 357 g/mol. The minimum atomic E-state index is -0.308. The number of hydrogen-bond donors (Lipinski definition) is 1. The summed E-state index contributed by atoms with van der Waals surface area (Å²) in [6, 6.07) is 13.5. The van der Waals surface area contributed by atoms with Gasteiger partial charge in [-0.05, 0) is 36.1 Å². The van der Waals surface area contributed by atoms with Crippen LogP contribution in [-0.2, 0) is 6.54 Å². The second kappa shape index (κ2) is 7.19. The number of benzene rings is 2. The minimum Gasteiger partial charge on any atom is -0.347 e. The molecule has 28 heavy (non-hydrogen) atoms. The quantitative estimate of drug-likeness (QED) is 0.738. The van der Waals surface area contributed by atoms with E-state index in [1.54, 1.807) is 30.3 Å². The lowest BCUT2D eigenvalue weighted by Crippen LogP contribution is -2.33. The first-order chi connectivity index (χ1) is 13.4. The van der Waals surface area contributed by atoms with E-state index in [0.29, 0.717) is 17.3 Å². The van der Waals surface area contributed by atoms with Crippen molar-refractivity contribution >= 4 is 16.7 Å². The molecule has 5 nitrogen and oxygen atoms in total. The Kier molecular flexibility index (Phi) is 4.71. The lowest BCUT2D eigenvalue weighted by Gasteiger charge is -2.12. The van der Waals surface area contributed by atoms with Gasteiger partial charge in [-0.15, -0.1) is 0 Å². The molecule has 1 saturated carbocycles. The highest BCUT2D eigenvalue weighted by Gasteiger charge is 2.40. The molecule has 1 aliphatic carbocycles. The van der Waals surface area contributed by atoms with Gasteiger partial charge >= 0.3 is 0 Å². The molecular formula is C22H22FN3O2. The Hall–Kier alpha value is -3.02. The number of hydrogen-bond acceptors (Lipinski definition) is 3. The molecule has 1 N–H and O–H groups in total.